The van der Waals surface area contributed by atoms with Crippen molar-refractivity contribution in [1.82, 2.24) is 14.8 Å². The smallest absolute Gasteiger partial charge is 0.160 e. The Bertz CT molecular complexity index is 1100. The van der Waals surface area contributed by atoms with E-state index in [0.717, 1.165) is 11.3 Å². The Morgan fingerprint density at radius 3 is 3.00 bits per heavy atom. The fraction of sp³-hybridized carbons (Fsp3) is 0.235. The number of aliphatic imine (C=N–C) groups is 1. The molecule has 3 heterocycles. The van der Waals surface area contributed by atoms with Crippen molar-refractivity contribution in [2.75, 3.05) is 0 Å². The Morgan fingerprint density at radius 2 is 2.21 bits per heavy atom. The minimum absolute atomic E-state index is 0.0156. The summed E-state index contributed by atoms with van der Waals surface area (Å²) >= 11 is 7.38. The highest BCUT2D eigenvalue weighted by molar-refractivity contribution is 7.15. The van der Waals surface area contributed by atoms with Gasteiger partial charge in [-0.25, -0.2) is 0 Å². The van der Waals surface area contributed by atoms with E-state index in [1.54, 1.807) is 23.6 Å². The Labute approximate surface area is 153 Å². The maximum absolute atomic E-state index is 10.4. The third-order valence-electron chi connectivity index (χ3n) is 3.80. The van der Waals surface area contributed by atoms with E-state index in [1.165, 1.54) is 6.07 Å². The number of hydrogen-bond donors (Lipinski definition) is 1. The van der Waals surface area contributed by atoms with Crippen molar-refractivity contribution < 1.29 is 10.6 Å². The van der Waals surface area contributed by atoms with Gasteiger partial charge in [-0.05, 0) is 25.9 Å². The second-order valence-corrected chi connectivity index (χ2v) is 6.76. The van der Waals surface area contributed by atoms with E-state index in [0.29, 0.717) is 38.5 Å². The van der Waals surface area contributed by atoms with Gasteiger partial charge in [-0.3, -0.25) is 9.56 Å². The maximum Gasteiger partial charge on any atom is 0.160 e. The van der Waals surface area contributed by atoms with Gasteiger partial charge in [0.2, 0.25) is 0 Å². The first-order chi connectivity index (χ1) is 13.1. The molecule has 24 heavy (non-hydrogen) atoms. The van der Waals surface area contributed by atoms with E-state index < -0.39 is 12.9 Å². The van der Waals surface area contributed by atoms with Gasteiger partial charge in [0.1, 0.15) is 17.4 Å². The first-order valence-corrected chi connectivity index (χ1v) is 8.38. The van der Waals surface area contributed by atoms with Crippen molar-refractivity contribution in [2.45, 2.75) is 26.4 Å². The highest BCUT2D eigenvalue weighted by Gasteiger charge is 2.26. The molecule has 0 aliphatic carbocycles. The zero-order valence-electron chi connectivity index (χ0n) is 16.6. The number of benzene rings is 1. The van der Waals surface area contributed by atoms with Crippen LogP contribution in [0.3, 0.4) is 0 Å². The average molecular weight is 363 g/mol. The van der Waals surface area contributed by atoms with Crippen LogP contribution in [0.25, 0.3) is 5.00 Å². The number of hydrogen-bond acceptors (Lipinski definition) is 5. The van der Waals surface area contributed by atoms with Crippen LogP contribution in [0.1, 0.15) is 46.1 Å². The van der Waals surface area contributed by atoms with Crippen LogP contribution in [0.4, 0.5) is 0 Å². The van der Waals surface area contributed by atoms with Gasteiger partial charge in [-0.2, -0.15) is 0 Å². The third-order valence-corrected chi connectivity index (χ3v) is 5.26. The first kappa shape index (κ1) is 11.5. The lowest BCUT2D eigenvalue weighted by atomic mass is 10.0. The summed E-state index contributed by atoms with van der Waals surface area (Å²) in [6, 6.07) is 8.69. The predicted octanol–water partition coefficient (Wildman–Crippen LogP) is 3.69. The number of aromatic nitrogens is 3. The van der Waals surface area contributed by atoms with Crippen LogP contribution in [0, 0.1) is 6.92 Å². The second-order valence-electron chi connectivity index (χ2n) is 5.32. The van der Waals surface area contributed by atoms with E-state index in [2.05, 4.69) is 15.2 Å². The molecule has 0 saturated heterocycles. The van der Waals surface area contributed by atoms with E-state index in [4.69, 9.17) is 17.1 Å². The molecule has 0 fully saturated rings. The lowest BCUT2D eigenvalue weighted by Gasteiger charge is -2.08. The van der Waals surface area contributed by atoms with Crippen LogP contribution < -0.4 is 0 Å². The average Bonchev–Trinajstić information content (AvgIpc) is 3.16. The van der Waals surface area contributed by atoms with Gasteiger partial charge < -0.3 is 5.11 Å². The summed E-state index contributed by atoms with van der Waals surface area (Å²) in [6.45, 7) is -0.872. The number of rotatable bonds is 2. The number of halogens is 1. The second kappa shape index (κ2) is 5.81. The molecular formula is C17H15ClN4OS. The number of nitrogens with zero attached hydrogens (tertiary/aromatic N) is 4. The molecule has 0 amide bonds. The Morgan fingerprint density at radius 1 is 1.38 bits per heavy atom. The lowest BCUT2D eigenvalue weighted by Crippen LogP contribution is -2.05. The van der Waals surface area contributed by atoms with Crippen molar-refractivity contribution >= 4 is 28.6 Å². The Hall–Kier alpha value is -2.02. The standard InChI is InChI=1S/C17H15ClN4OS/c1-9(23)14-7-12-16(11-5-3-4-6-13(11)18)19-8-15-21-20-10(2)22(15)17(12)24-14/h3-7,9,23H,8H2,1-2H3/i1D3,9D. The van der Waals surface area contributed by atoms with Gasteiger partial charge in [-0.1, -0.05) is 29.8 Å². The molecule has 0 spiro atoms. The van der Waals surface area contributed by atoms with E-state index in [1.807, 2.05) is 12.1 Å². The monoisotopic (exact) mass is 362 g/mol. The summed E-state index contributed by atoms with van der Waals surface area (Å²) in [5, 5.41) is 19.7. The third kappa shape index (κ3) is 2.38. The molecule has 122 valence electrons. The fourth-order valence-electron chi connectivity index (χ4n) is 2.73. The summed E-state index contributed by atoms with van der Waals surface area (Å²) in [4.78, 5) is 4.62. The van der Waals surface area contributed by atoms with Crippen molar-refractivity contribution in [3.8, 4) is 5.00 Å². The maximum atomic E-state index is 10.4. The summed E-state index contributed by atoms with van der Waals surface area (Å²) < 4.78 is 32.5. The molecule has 5 nitrogen and oxygen atoms in total. The fourth-order valence-corrected chi connectivity index (χ4v) is 4.03. The molecule has 1 aliphatic heterocycles. The van der Waals surface area contributed by atoms with Crippen molar-refractivity contribution in [3.63, 3.8) is 0 Å². The summed E-state index contributed by atoms with van der Waals surface area (Å²) in [6.07, 6.45) is -2.75. The molecule has 1 aromatic carbocycles. The molecule has 4 rings (SSSR count). The number of aliphatic hydroxyl groups is 1. The quantitative estimate of drug-likeness (QED) is 0.756. The van der Waals surface area contributed by atoms with E-state index >= 15 is 0 Å². The molecule has 0 bridgehead atoms. The molecule has 0 radical (unpaired) electrons. The van der Waals surface area contributed by atoms with Crippen LogP contribution in [0.5, 0.6) is 0 Å². The summed E-state index contributed by atoms with van der Waals surface area (Å²) in [5.41, 5.74) is 1.80. The molecule has 1 atom stereocenters. The van der Waals surface area contributed by atoms with Gasteiger partial charge >= 0.3 is 0 Å². The van der Waals surface area contributed by atoms with Gasteiger partial charge in [0, 0.05) is 25.1 Å². The number of aryl methyl sites for hydroxylation is 1. The summed E-state index contributed by atoms with van der Waals surface area (Å²) in [7, 11) is 0. The predicted molar refractivity (Wildman–Crippen MR) is 95.4 cm³/mol. The van der Waals surface area contributed by atoms with Crippen molar-refractivity contribution in [2.24, 2.45) is 4.99 Å². The van der Waals surface area contributed by atoms with Crippen LogP contribution in [-0.2, 0) is 6.54 Å². The minimum atomic E-state index is -2.91. The number of thiophene rings is 1. The molecule has 3 aromatic rings. The molecule has 0 saturated carbocycles. The van der Waals surface area contributed by atoms with Crippen LogP contribution in [-0.4, -0.2) is 25.6 Å². The number of fused-ring (bicyclic) bond motifs is 3. The Balaban J connectivity index is 1.99. The van der Waals surface area contributed by atoms with Gasteiger partial charge in [0.05, 0.1) is 13.2 Å². The Kier molecular flexibility index (Phi) is 2.79. The SMILES string of the molecule is [2H]C([2H])([2H])C([2H])(O)c1cc2c(s1)-n1c(C)nnc1CN=C2c1ccccc1Cl. The van der Waals surface area contributed by atoms with Gasteiger partial charge in [-0.15, -0.1) is 21.5 Å². The molecule has 1 N–H and O–H groups in total. The highest BCUT2D eigenvalue weighted by Crippen LogP contribution is 2.36. The largest absolute Gasteiger partial charge is 0.388 e. The van der Waals surface area contributed by atoms with E-state index in [-0.39, 0.29) is 11.4 Å². The lowest BCUT2D eigenvalue weighted by molar-refractivity contribution is 0.203. The molecule has 1 unspecified atom stereocenters. The zero-order chi connectivity index (χ0) is 20.3. The normalized spacial score (nSPS) is 18.9. The topological polar surface area (TPSA) is 63.3 Å². The molecule has 7 heteroatoms. The molecule has 1 aliphatic rings. The van der Waals surface area contributed by atoms with Crippen molar-refractivity contribution in [3.05, 3.63) is 63.0 Å². The highest BCUT2D eigenvalue weighted by atomic mass is 35.5. The minimum Gasteiger partial charge on any atom is -0.388 e. The first-order valence-electron chi connectivity index (χ1n) is 9.19. The van der Waals surface area contributed by atoms with Crippen molar-refractivity contribution in [1.29, 1.82) is 0 Å². The van der Waals surface area contributed by atoms with Crippen LogP contribution >= 0.6 is 22.9 Å². The van der Waals surface area contributed by atoms with Crippen LogP contribution in [0.15, 0.2) is 35.3 Å². The molecule has 2 aromatic heterocycles. The van der Waals surface area contributed by atoms with E-state index in [9.17, 15) is 5.11 Å². The summed E-state index contributed by atoms with van der Waals surface area (Å²) in [5.74, 6) is 1.18. The molecular weight excluding hydrogens is 344 g/mol. The van der Waals surface area contributed by atoms with Crippen LogP contribution in [0.2, 0.25) is 5.02 Å². The van der Waals surface area contributed by atoms with Gasteiger partial charge in [0.15, 0.2) is 5.82 Å². The van der Waals surface area contributed by atoms with Gasteiger partial charge in [0.25, 0.3) is 0 Å². The zero-order valence-corrected chi connectivity index (χ0v) is 14.2.